The van der Waals surface area contributed by atoms with Gasteiger partial charge >= 0.3 is 0 Å². The van der Waals surface area contributed by atoms with Crippen LogP contribution in [0.2, 0.25) is 0 Å². The number of aliphatic hydroxyl groups excluding tert-OH is 1. The Bertz CT molecular complexity index is 463. The number of imidazole rings is 1. The van der Waals surface area contributed by atoms with Gasteiger partial charge in [0.1, 0.15) is 5.82 Å². The second-order valence-corrected chi connectivity index (χ2v) is 3.75. The highest BCUT2D eigenvalue weighted by atomic mass is 16.3. The molecule has 92 valence electrons. The summed E-state index contributed by atoms with van der Waals surface area (Å²) in [6.07, 6.45) is 5.50. The lowest BCUT2D eigenvalue weighted by atomic mass is 10.4. The lowest BCUT2D eigenvalue weighted by Crippen LogP contribution is -2.15. The Morgan fingerprint density at radius 3 is 3.00 bits per heavy atom. The summed E-state index contributed by atoms with van der Waals surface area (Å²) >= 11 is 0. The number of nitrogens with zero attached hydrogens (tertiary/aromatic N) is 5. The summed E-state index contributed by atoms with van der Waals surface area (Å²) in [5.74, 6) is 0.979. The third-order valence-electron chi connectivity index (χ3n) is 2.43. The van der Waals surface area contributed by atoms with Crippen LogP contribution >= 0.6 is 0 Å². The van der Waals surface area contributed by atoms with Gasteiger partial charge in [-0.15, -0.1) is 5.10 Å². The molecule has 2 rings (SSSR count). The van der Waals surface area contributed by atoms with E-state index in [1.54, 1.807) is 10.9 Å². The first-order valence-electron chi connectivity index (χ1n) is 5.46. The molecule has 7 nitrogen and oxygen atoms in total. The molecule has 0 aliphatic carbocycles. The molecule has 0 fully saturated rings. The van der Waals surface area contributed by atoms with E-state index >= 15 is 0 Å². The minimum absolute atomic E-state index is 0.0729. The molecule has 0 unspecified atom stereocenters. The molecular formula is C10H16N6O. The van der Waals surface area contributed by atoms with E-state index < -0.39 is 0 Å². The second kappa shape index (κ2) is 5.55. The smallest absolute Gasteiger partial charge is 0.122 e. The van der Waals surface area contributed by atoms with Crippen molar-refractivity contribution in [2.24, 2.45) is 7.05 Å². The summed E-state index contributed by atoms with van der Waals surface area (Å²) in [6.45, 7) is 1.88. The van der Waals surface area contributed by atoms with E-state index in [0.717, 1.165) is 11.5 Å². The zero-order chi connectivity index (χ0) is 12.1. The van der Waals surface area contributed by atoms with Gasteiger partial charge in [-0.3, -0.25) is 0 Å². The molecular weight excluding hydrogens is 220 g/mol. The first kappa shape index (κ1) is 11.7. The van der Waals surface area contributed by atoms with Gasteiger partial charge in [0.15, 0.2) is 0 Å². The molecule has 0 bridgehead atoms. The number of hydrogen-bond acceptors (Lipinski definition) is 5. The van der Waals surface area contributed by atoms with Gasteiger partial charge in [-0.25, -0.2) is 9.67 Å². The van der Waals surface area contributed by atoms with Gasteiger partial charge in [0.05, 0.1) is 25.4 Å². The van der Waals surface area contributed by atoms with Crippen molar-refractivity contribution in [3.63, 3.8) is 0 Å². The molecule has 0 aliphatic rings. The van der Waals surface area contributed by atoms with Crippen molar-refractivity contribution >= 4 is 0 Å². The minimum atomic E-state index is 0.0729. The molecule has 0 amide bonds. The number of aryl methyl sites for hydroxylation is 1. The van der Waals surface area contributed by atoms with Crippen molar-refractivity contribution < 1.29 is 5.11 Å². The number of aliphatic hydroxyl groups is 1. The predicted octanol–water partition coefficient (Wildman–Crippen LogP) is -0.706. The summed E-state index contributed by atoms with van der Waals surface area (Å²) in [7, 11) is 1.96. The fourth-order valence-corrected chi connectivity index (χ4v) is 1.50. The molecule has 0 aliphatic heterocycles. The monoisotopic (exact) mass is 236 g/mol. The van der Waals surface area contributed by atoms with Crippen LogP contribution in [0.5, 0.6) is 0 Å². The molecule has 0 spiro atoms. The highest BCUT2D eigenvalue weighted by Crippen LogP contribution is 1.96. The van der Waals surface area contributed by atoms with E-state index in [-0.39, 0.29) is 6.61 Å². The average molecular weight is 236 g/mol. The quantitative estimate of drug-likeness (QED) is 0.693. The van der Waals surface area contributed by atoms with E-state index in [9.17, 15) is 0 Å². The summed E-state index contributed by atoms with van der Waals surface area (Å²) in [5.41, 5.74) is 0.854. The Morgan fingerprint density at radius 1 is 1.41 bits per heavy atom. The van der Waals surface area contributed by atoms with Gasteiger partial charge in [0.25, 0.3) is 0 Å². The molecule has 2 aromatic heterocycles. The normalized spacial score (nSPS) is 10.9. The van der Waals surface area contributed by atoms with Crippen LogP contribution < -0.4 is 5.32 Å². The van der Waals surface area contributed by atoms with Crippen LogP contribution in [-0.2, 0) is 26.7 Å². The topological polar surface area (TPSA) is 80.8 Å². The van der Waals surface area contributed by atoms with E-state index in [1.807, 2.05) is 24.0 Å². The van der Waals surface area contributed by atoms with Crippen LogP contribution in [0.1, 0.15) is 11.5 Å². The first-order valence-corrected chi connectivity index (χ1v) is 5.46. The number of nitrogens with one attached hydrogen (secondary N) is 1. The zero-order valence-corrected chi connectivity index (χ0v) is 9.74. The van der Waals surface area contributed by atoms with Crippen LogP contribution in [0.15, 0.2) is 18.6 Å². The summed E-state index contributed by atoms with van der Waals surface area (Å²) in [4.78, 5) is 4.21. The number of aromatic nitrogens is 5. The molecule has 0 saturated heterocycles. The van der Waals surface area contributed by atoms with Gasteiger partial charge in [0, 0.05) is 32.2 Å². The van der Waals surface area contributed by atoms with Gasteiger partial charge in [-0.05, 0) is 0 Å². The molecule has 0 saturated carbocycles. The molecule has 2 aromatic rings. The van der Waals surface area contributed by atoms with Crippen molar-refractivity contribution in [3.8, 4) is 0 Å². The number of hydrogen-bond donors (Lipinski definition) is 2. The molecule has 2 heterocycles. The molecule has 0 radical (unpaired) electrons. The van der Waals surface area contributed by atoms with Crippen molar-refractivity contribution in [2.45, 2.75) is 19.6 Å². The molecule has 7 heteroatoms. The number of rotatable bonds is 6. The third-order valence-corrected chi connectivity index (χ3v) is 2.43. The Labute approximate surface area is 99.1 Å². The molecule has 17 heavy (non-hydrogen) atoms. The standard InChI is InChI=1S/C10H16N6O/c1-15-3-2-12-10(15)7-11-6-9-8-16(4-5-17)14-13-9/h2-3,8,11,17H,4-7H2,1H3. The average Bonchev–Trinajstić information content (AvgIpc) is 2.90. The van der Waals surface area contributed by atoms with Gasteiger partial charge in [0.2, 0.25) is 0 Å². The van der Waals surface area contributed by atoms with Crippen molar-refractivity contribution in [1.29, 1.82) is 0 Å². The predicted molar refractivity (Wildman–Crippen MR) is 60.9 cm³/mol. The Morgan fingerprint density at radius 2 is 2.29 bits per heavy atom. The van der Waals surface area contributed by atoms with Crippen LogP contribution in [0.4, 0.5) is 0 Å². The third kappa shape index (κ3) is 3.11. The largest absolute Gasteiger partial charge is 0.394 e. The highest BCUT2D eigenvalue weighted by molar-refractivity contribution is 4.94. The molecule has 0 aromatic carbocycles. The second-order valence-electron chi connectivity index (χ2n) is 3.75. The highest BCUT2D eigenvalue weighted by Gasteiger charge is 2.02. The zero-order valence-electron chi connectivity index (χ0n) is 9.74. The fourth-order valence-electron chi connectivity index (χ4n) is 1.50. The lowest BCUT2D eigenvalue weighted by Gasteiger charge is -2.02. The van der Waals surface area contributed by atoms with Crippen LogP contribution in [-0.4, -0.2) is 36.3 Å². The first-order chi connectivity index (χ1) is 8.29. The Hall–Kier alpha value is -1.73. The van der Waals surface area contributed by atoms with Crippen molar-refractivity contribution in [3.05, 3.63) is 30.1 Å². The fraction of sp³-hybridized carbons (Fsp3) is 0.500. The summed E-state index contributed by atoms with van der Waals surface area (Å²) in [6, 6.07) is 0. The van der Waals surface area contributed by atoms with E-state index in [2.05, 4.69) is 20.6 Å². The van der Waals surface area contributed by atoms with E-state index in [0.29, 0.717) is 19.6 Å². The SMILES string of the molecule is Cn1ccnc1CNCc1cn(CCO)nn1. The van der Waals surface area contributed by atoms with Crippen LogP contribution in [0.25, 0.3) is 0 Å². The van der Waals surface area contributed by atoms with Crippen molar-refractivity contribution in [1.82, 2.24) is 29.9 Å². The van der Waals surface area contributed by atoms with Gasteiger partial charge in [-0.2, -0.15) is 0 Å². The Kier molecular flexibility index (Phi) is 3.84. The van der Waals surface area contributed by atoms with Crippen LogP contribution in [0, 0.1) is 0 Å². The molecule has 0 atom stereocenters. The maximum atomic E-state index is 8.75. The summed E-state index contributed by atoms with van der Waals surface area (Å²) < 4.78 is 3.59. The maximum absolute atomic E-state index is 8.75. The molecule has 2 N–H and O–H groups in total. The van der Waals surface area contributed by atoms with Crippen LogP contribution in [0.3, 0.4) is 0 Å². The summed E-state index contributed by atoms with van der Waals surface area (Å²) in [5, 5.41) is 19.9. The van der Waals surface area contributed by atoms with E-state index in [4.69, 9.17) is 5.11 Å². The van der Waals surface area contributed by atoms with Gasteiger partial charge < -0.3 is 15.0 Å². The minimum Gasteiger partial charge on any atom is -0.394 e. The lowest BCUT2D eigenvalue weighted by molar-refractivity contribution is 0.268. The van der Waals surface area contributed by atoms with Crippen molar-refractivity contribution in [2.75, 3.05) is 6.61 Å². The maximum Gasteiger partial charge on any atom is 0.122 e. The Balaban J connectivity index is 1.80. The van der Waals surface area contributed by atoms with Gasteiger partial charge in [-0.1, -0.05) is 5.21 Å². The van der Waals surface area contributed by atoms with E-state index in [1.165, 1.54) is 0 Å².